The van der Waals surface area contributed by atoms with E-state index in [2.05, 4.69) is 39.1 Å². The molecule has 0 aromatic heterocycles. The van der Waals surface area contributed by atoms with Gasteiger partial charge in [-0.2, -0.15) is 0 Å². The first-order valence-electron chi connectivity index (χ1n) is 11.2. The minimum atomic E-state index is -0.177. The molecule has 2 aromatic rings. The van der Waals surface area contributed by atoms with Gasteiger partial charge in [-0.25, -0.2) is 4.39 Å². The van der Waals surface area contributed by atoms with Crippen molar-refractivity contribution in [2.45, 2.75) is 70.6 Å². The zero-order chi connectivity index (χ0) is 20.4. The van der Waals surface area contributed by atoms with E-state index < -0.39 is 0 Å². The van der Waals surface area contributed by atoms with Gasteiger partial charge in [0.25, 0.3) is 0 Å². The van der Waals surface area contributed by atoms with Gasteiger partial charge in [0.05, 0.1) is 44.8 Å². The van der Waals surface area contributed by atoms with Crippen molar-refractivity contribution in [2.75, 3.05) is 20.2 Å². The Bertz CT molecular complexity index is 812. The molecule has 2 nitrogen and oxygen atoms in total. The molecule has 4 atom stereocenters. The molecule has 0 radical (unpaired) electrons. The summed E-state index contributed by atoms with van der Waals surface area (Å²) >= 11 is 0. The van der Waals surface area contributed by atoms with Crippen LogP contribution in [0.1, 0.15) is 60.3 Å². The van der Waals surface area contributed by atoms with Gasteiger partial charge in [0, 0.05) is 18.4 Å². The molecule has 2 heterocycles. The third kappa shape index (κ3) is 4.13. The lowest BCUT2D eigenvalue weighted by molar-refractivity contribution is -0.949. The topological polar surface area (TPSA) is 9.23 Å². The predicted octanol–water partition coefficient (Wildman–Crippen LogP) is 5.90. The third-order valence-electron chi connectivity index (χ3n) is 7.67. The number of hydrogen-bond donors (Lipinski definition) is 0. The number of ether oxygens (including phenoxy) is 1. The van der Waals surface area contributed by atoms with Gasteiger partial charge < -0.3 is 9.22 Å². The van der Waals surface area contributed by atoms with Crippen LogP contribution in [0.3, 0.4) is 0 Å². The van der Waals surface area contributed by atoms with Crippen LogP contribution < -0.4 is 0 Å². The first-order valence-corrected chi connectivity index (χ1v) is 11.2. The van der Waals surface area contributed by atoms with Crippen molar-refractivity contribution >= 4 is 0 Å². The fourth-order valence-corrected chi connectivity index (χ4v) is 6.14. The van der Waals surface area contributed by atoms with Crippen LogP contribution in [0.5, 0.6) is 0 Å². The maximum atomic E-state index is 14.0. The van der Waals surface area contributed by atoms with E-state index >= 15 is 0 Å². The van der Waals surface area contributed by atoms with E-state index in [4.69, 9.17) is 4.74 Å². The molecular weight excluding hydrogens is 361 g/mol. The minimum absolute atomic E-state index is 0.177. The maximum Gasteiger partial charge on any atom is 0.128 e. The molecule has 2 aliphatic rings. The van der Waals surface area contributed by atoms with Crippen molar-refractivity contribution in [3.8, 4) is 0 Å². The Balaban J connectivity index is 1.55. The first-order chi connectivity index (χ1) is 14.0. The van der Waals surface area contributed by atoms with Crippen molar-refractivity contribution in [3.63, 3.8) is 0 Å². The van der Waals surface area contributed by atoms with Crippen LogP contribution in [0.2, 0.25) is 0 Å². The summed E-state index contributed by atoms with van der Waals surface area (Å²) in [7, 11) is 2.49. The lowest BCUT2D eigenvalue weighted by atomic mass is 9.88. The maximum absolute atomic E-state index is 14.0. The Kier molecular flexibility index (Phi) is 6.08. The largest absolute Gasteiger partial charge is 0.376 e. The molecule has 0 N–H and O–H groups in total. The third-order valence-corrected chi connectivity index (χ3v) is 7.67. The van der Waals surface area contributed by atoms with Crippen LogP contribution in [0.25, 0.3) is 0 Å². The van der Waals surface area contributed by atoms with Crippen molar-refractivity contribution in [2.24, 2.45) is 0 Å². The molecule has 3 heteroatoms. The van der Waals surface area contributed by atoms with E-state index in [0.29, 0.717) is 24.7 Å². The molecular formula is C26H35FNO+. The van der Waals surface area contributed by atoms with Crippen LogP contribution in [0.15, 0.2) is 42.5 Å². The molecule has 0 aliphatic carbocycles. The molecule has 4 rings (SSSR count). The Morgan fingerprint density at radius 2 is 1.62 bits per heavy atom. The van der Waals surface area contributed by atoms with Crippen LogP contribution in [-0.4, -0.2) is 36.8 Å². The zero-order valence-corrected chi connectivity index (χ0v) is 18.2. The summed E-state index contributed by atoms with van der Waals surface area (Å²) in [5.41, 5.74) is 4.78. The number of rotatable bonds is 7. The van der Waals surface area contributed by atoms with Gasteiger partial charge in [0.1, 0.15) is 5.82 Å². The predicted molar refractivity (Wildman–Crippen MR) is 116 cm³/mol. The summed E-state index contributed by atoms with van der Waals surface area (Å²) in [5.74, 6) is 0.165. The fourth-order valence-electron chi connectivity index (χ4n) is 6.14. The molecule has 2 fully saturated rings. The summed E-state index contributed by atoms with van der Waals surface area (Å²) in [6.45, 7) is 6.55. The Labute approximate surface area is 175 Å². The van der Waals surface area contributed by atoms with E-state index in [-0.39, 0.29) is 5.82 Å². The summed E-state index contributed by atoms with van der Waals surface area (Å²) in [6.07, 6.45) is 6.86. The highest BCUT2D eigenvalue weighted by Crippen LogP contribution is 2.43. The number of likely N-dealkylation sites (N-methyl/N-ethyl adjacent to an activating group) is 1. The van der Waals surface area contributed by atoms with Gasteiger partial charge in [0.2, 0.25) is 0 Å². The van der Waals surface area contributed by atoms with Crippen molar-refractivity contribution < 1.29 is 13.6 Å². The number of benzene rings is 2. The van der Waals surface area contributed by atoms with Gasteiger partial charge in [-0.3, -0.25) is 0 Å². The van der Waals surface area contributed by atoms with E-state index in [1.165, 1.54) is 59.3 Å². The van der Waals surface area contributed by atoms with Crippen molar-refractivity contribution in [1.29, 1.82) is 0 Å². The van der Waals surface area contributed by atoms with E-state index in [9.17, 15) is 4.39 Å². The highest BCUT2D eigenvalue weighted by Gasteiger charge is 2.49. The number of nitrogens with zero attached hydrogens (tertiary/aromatic N) is 1. The normalized spacial score (nSPS) is 27.2. The standard InChI is InChI=1S/C26H35FNO/c1-19-8-6-9-20(2)26(19)22(18-29-17-21-10-4-5-13-25(21)27)16-28(3)23-11-7-12-24(28)15-14-23/h4-6,8-10,13,22-24H,7,11-12,14-18H2,1-3H3/q+1/t22?,23-,24+,28?. The number of fused-ring (bicyclic) bond motifs is 2. The molecule has 2 unspecified atom stereocenters. The van der Waals surface area contributed by atoms with Gasteiger partial charge in [-0.05, 0) is 55.9 Å². The molecule has 2 saturated heterocycles. The number of quaternary nitrogens is 1. The molecule has 0 spiro atoms. The van der Waals surface area contributed by atoms with Crippen molar-refractivity contribution in [1.82, 2.24) is 0 Å². The van der Waals surface area contributed by atoms with Crippen LogP contribution >= 0.6 is 0 Å². The Hall–Kier alpha value is -1.71. The Morgan fingerprint density at radius 3 is 2.28 bits per heavy atom. The van der Waals surface area contributed by atoms with Gasteiger partial charge in [0.15, 0.2) is 0 Å². The highest BCUT2D eigenvalue weighted by molar-refractivity contribution is 5.36. The lowest BCUT2D eigenvalue weighted by Crippen LogP contribution is -2.57. The second kappa shape index (κ2) is 8.57. The molecule has 0 amide bonds. The zero-order valence-electron chi connectivity index (χ0n) is 18.2. The summed E-state index contributed by atoms with van der Waals surface area (Å²) in [4.78, 5) is 0. The lowest BCUT2D eigenvalue weighted by Gasteiger charge is -2.47. The summed E-state index contributed by atoms with van der Waals surface area (Å²) < 4.78 is 21.4. The molecule has 156 valence electrons. The van der Waals surface area contributed by atoms with Gasteiger partial charge in [-0.15, -0.1) is 0 Å². The van der Waals surface area contributed by atoms with E-state index in [1.54, 1.807) is 6.07 Å². The van der Waals surface area contributed by atoms with Crippen LogP contribution in [0.4, 0.5) is 4.39 Å². The van der Waals surface area contributed by atoms with Gasteiger partial charge in [-0.1, -0.05) is 36.4 Å². The van der Waals surface area contributed by atoms with Crippen molar-refractivity contribution in [3.05, 3.63) is 70.5 Å². The number of halogens is 1. The molecule has 2 bridgehead atoms. The SMILES string of the molecule is Cc1cccc(C)c1C(COCc1ccccc1F)C[N+]1(C)[C@@H]2CCC[C@H]1CC2. The highest BCUT2D eigenvalue weighted by atomic mass is 19.1. The molecule has 2 aliphatic heterocycles. The average molecular weight is 397 g/mol. The fraction of sp³-hybridized carbons (Fsp3) is 0.538. The monoisotopic (exact) mass is 396 g/mol. The van der Waals surface area contributed by atoms with Gasteiger partial charge >= 0.3 is 0 Å². The number of hydrogen-bond acceptors (Lipinski definition) is 1. The Morgan fingerprint density at radius 1 is 0.966 bits per heavy atom. The quantitative estimate of drug-likeness (QED) is 0.529. The number of piperidine rings is 1. The minimum Gasteiger partial charge on any atom is -0.376 e. The van der Waals surface area contributed by atoms with E-state index in [1.807, 2.05) is 12.1 Å². The molecule has 0 saturated carbocycles. The second-order valence-corrected chi connectivity index (χ2v) is 9.45. The summed E-state index contributed by atoms with van der Waals surface area (Å²) in [6, 6.07) is 15.1. The number of aryl methyl sites for hydroxylation is 2. The smallest absolute Gasteiger partial charge is 0.128 e. The van der Waals surface area contributed by atoms with Crippen LogP contribution in [0, 0.1) is 19.7 Å². The van der Waals surface area contributed by atoms with E-state index in [0.717, 1.165) is 18.6 Å². The first kappa shape index (κ1) is 20.6. The molecule has 2 aromatic carbocycles. The average Bonchev–Trinajstić information content (AvgIpc) is 2.86. The van der Waals surface area contributed by atoms with Crippen LogP contribution in [-0.2, 0) is 11.3 Å². The summed E-state index contributed by atoms with van der Waals surface area (Å²) in [5, 5.41) is 0. The molecule has 29 heavy (non-hydrogen) atoms. The second-order valence-electron chi connectivity index (χ2n) is 9.45.